The second-order valence-corrected chi connectivity index (χ2v) is 6.60. The summed E-state index contributed by atoms with van der Waals surface area (Å²) in [6, 6.07) is 6.12. The van der Waals surface area contributed by atoms with Crippen LogP contribution in [0.4, 0.5) is 5.69 Å². The summed E-state index contributed by atoms with van der Waals surface area (Å²) in [5, 5.41) is 0.992. The first-order valence-electron chi connectivity index (χ1n) is 6.07. The minimum absolute atomic E-state index is 0.0189. The van der Waals surface area contributed by atoms with Gasteiger partial charge in [0.05, 0.1) is 5.69 Å². The quantitative estimate of drug-likeness (QED) is 0.941. The Labute approximate surface area is 121 Å². The van der Waals surface area contributed by atoms with E-state index in [1.807, 2.05) is 38.4 Å². The molecule has 1 amide bonds. The first-order valence-corrected chi connectivity index (χ1v) is 8.28. The van der Waals surface area contributed by atoms with Crippen molar-refractivity contribution in [3.63, 3.8) is 0 Å². The van der Waals surface area contributed by atoms with Crippen LogP contribution < -0.4 is 5.73 Å². The average molecular weight is 294 g/mol. The molecule has 19 heavy (non-hydrogen) atoms. The molecule has 0 radical (unpaired) electrons. The summed E-state index contributed by atoms with van der Waals surface area (Å²) in [5.41, 5.74) is 7.91. The van der Waals surface area contributed by atoms with Gasteiger partial charge in [-0.05, 0) is 25.3 Å². The Morgan fingerprint density at radius 3 is 2.89 bits per heavy atom. The molecule has 5 heteroatoms. The van der Waals surface area contributed by atoms with Gasteiger partial charge in [-0.3, -0.25) is 4.79 Å². The molecular weight excluding hydrogens is 276 g/mol. The van der Waals surface area contributed by atoms with Crippen molar-refractivity contribution in [1.82, 2.24) is 4.90 Å². The number of aryl methyl sites for hydroxylation is 1. The lowest BCUT2D eigenvalue weighted by Gasteiger charge is -2.15. The van der Waals surface area contributed by atoms with E-state index < -0.39 is 0 Å². The molecule has 102 valence electrons. The van der Waals surface area contributed by atoms with Crippen LogP contribution in [0, 0.1) is 6.92 Å². The van der Waals surface area contributed by atoms with Crippen LogP contribution in [-0.4, -0.2) is 36.4 Å². The number of fused-ring (bicyclic) bond motifs is 1. The van der Waals surface area contributed by atoms with Crippen LogP contribution >= 0.6 is 23.1 Å². The lowest BCUT2D eigenvalue weighted by Crippen LogP contribution is -2.28. The number of nitrogens with two attached hydrogens (primary N) is 1. The predicted octanol–water partition coefficient (Wildman–Crippen LogP) is 3.23. The summed E-state index contributed by atoms with van der Waals surface area (Å²) in [6.45, 7) is 2.77. The Balaban J connectivity index is 2.34. The van der Waals surface area contributed by atoms with E-state index in [4.69, 9.17) is 5.73 Å². The van der Waals surface area contributed by atoms with Crippen LogP contribution in [0.5, 0.6) is 0 Å². The minimum atomic E-state index is 0.0189. The smallest absolute Gasteiger partial charge is 0.265 e. The highest BCUT2D eigenvalue weighted by Gasteiger charge is 2.19. The number of hydrogen-bond acceptors (Lipinski definition) is 4. The maximum absolute atomic E-state index is 12.4. The molecule has 0 unspecified atom stereocenters. The van der Waals surface area contributed by atoms with E-state index in [1.54, 1.807) is 16.7 Å². The van der Waals surface area contributed by atoms with Gasteiger partial charge in [-0.25, -0.2) is 0 Å². The Hall–Kier alpha value is -1.20. The van der Waals surface area contributed by atoms with Gasteiger partial charge in [-0.1, -0.05) is 11.6 Å². The second-order valence-electron chi connectivity index (χ2n) is 4.56. The van der Waals surface area contributed by atoms with Gasteiger partial charge in [0.2, 0.25) is 0 Å². The summed E-state index contributed by atoms with van der Waals surface area (Å²) in [4.78, 5) is 14.8. The van der Waals surface area contributed by atoms with E-state index in [0.29, 0.717) is 10.6 Å². The highest BCUT2D eigenvalue weighted by molar-refractivity contribution is 7.98. The number of amides is 1. The van der Waals surface area contributed by atoms with E-state index >= 15 is 0 Å². The van der Waals surface area contributed by atoms with Crippen molar-refractivity contribution in [1.29, 1.82) is 0 Å². The zero-order valence-electron chi connectivity index (χ0n) is 11.4. The number of carbonyl (C=O) groups is 1. The molecule has 1 aromatic heterocycles. The van der Waals surface area contributed by atoms with E-state index in [9.17, 15) is 4.79 Å². The molecule has 0 saturated carbocycles. The van der Waals surface area contributed by atoms with Gasteiger partial charge in [-0.15, -0.1) is 11.3 Å². The third-order valence-corrected chi connectivity index (χ3v) is 4.82. The van der Waals surface area contributed by atoms with Crippen molar-refractivity contribution >= 4 is 44.8 Å². The van der Waals surface area contributed by atoms with Crippen LogP contribution in [0.3, 0.4) is 0 Å². The van der Waals surface area contributed by atoms with Gasteiger partial charge in [0.25, 0.3) is 5.91 Å². The fourth-order valence-electron chi connectivity index (χ4n) is 1.89. The fourth-order valence-corrected chi connectivity index (χ4v) is 3.45. The molecule has 0 atom stereocenters. The molecule has 2 rings (SSSR count). The molecule has 0 saturated heterocycles. The Bertz CT molecular complexity index is 607. The third-order valence-electron chi connectivity index (χ3n) is 3.05. The number of rotatable bonds is 4. The number of thioether (sulfide) groups is 1. The molecule has 3 nitrogen and oxygen atoms in total. The summed E-state index contributed by atoms with van der Waals surface area (Å²) in [7, 11) is 1.83. The Morgan fingerprint density at radius 1 is 1.47 bits per heavy atom. The lowest BCUT2D eigenvalue weighted by molar-refractivity contribution is 0.0809. The van der Waals surface area contributed by atoms with Gasteiger partial charge in [0.15, 0.2) is 0 Å². The van der Waals surface area contributed by atoms with Gasteiger partial charge in [-0.2, -0.15) is 11.8 Å². The number of thiophene rings is 1. The standard InChI is InChI=1S/C14H18N2OS2/c1-9-4-5-11-10(8-9)12(15)13(19-11)14(17)16(2)6-7-18-3/h4-5,8H,6-7,15H2,1-3H3. The van der Waals surface area contributed by atoms with E-state index in [2.05, 4.69) is 0 Å². The summed E-state index contributed by atoms with van der Waals surface area (Å²) in [5.74, 6) is 0.956. The first-order chi connectivity index (χ1) is 9.04. The van der Waals surface area contributed by atoms with E-state index in [-0.39, 0.29) is 5.91 Å². The molecule has 0 aliphatic rings. The summed E-state index contributed by atoms with van der Waals surface area (Å²) < 4.78 is 1.07. The molecule has 0 bridgehead atoms. The molecule has 2 aromatic rings. The van der Waals surface area contributed by atoms with E-state index in [1.165, 1.54) is 11.3 Å². The SMILES string of the molecule is CSCCN(C)C(=O)c1sc2ccc(C)cc2c1N. The normalized spacial score (nSPS) is 10.9. The van der Waals surface area contributed by atoms with Gasteiger partial charge in [0, 0.05) is 29.4 Å². The molecular formula is C14H18N2OS2. The lowest BCUT2D eigenvalue weighted by atomic mass is 10.1. The van der Waals surface area contributed by atoms with Crippen molar-refractivity contribution in [2.24, 2.45) is 0 Å². The van der Waals surface area contributed by atoms with Crippen molar-refractivity contribution < 1.29 is 4.79 Å². The second kappa shape index (κ2) is 5.84. The highest BCUT2D eigenvalue weighted by atomic mass is 32.2. The molecule has 2 N–H and O–H groups in total. The monoisotopic (exact) mass is 294 g/mol. The van der Waals surface area contributed by atoms with Crippen LogP contribution in [0.15, 0.2) is 18.2 Å². The molecule has 0 aliphatic carbocycles. The van der Waals surface area contributed by atoms with Crippen molar-refractivity contribution in [3.05, 3.63) is 28.6 Å². The van der Waals surface area contributed by atoms with Gasteiger partial charge >= 0.3 is 0 Å². The maximum atomic E-state index is 12.4. The number of nitrogens with zero attached hydrogens (tertiary/aromatic N) is 1. The van der Waals surface area contributed by atoms with Crippen molar-refractivity contribution in [3.8, 4) is 0 Å². The van der Waals surface area contributed by atoms with Gasteiger partial charge in [0.1, 0.15) is 4.88 Å². The number of hydrogen-bond donors (Lipinski definition) is 1. The van der Waals surface area contributed by atoms with Crippen LogP contribution in [-0.2, 0) is 0 Å². The molecule has 0 aliphatic heterocycles. The number of benzene rings is 1. The number of anilines is 1. The fraction of sp³-hybridized carbons (Fsp3) is 0.357. The van der Waals surface area contributed by atoms with Crippen LogP contribution in [0.1, 0.15) is 15.2 Å². The largest absolute Gasteiger partial charge is 0.397 e. The molecule has 1 heterocycles. The number of carbonyl (C=O) groups excluding carboxylic acids is 1. The van der Waals surface area contributed by atoms with Crippen molar-refractivity contribution in [2.45, 2.75) is 6.92 Å². The minimum Gasteiger partial charge on any atom is -0.397 e. The van der Waals surface area contributed by atoms with Gasteiger partial charge < -0.3 is 10.6 Å². The molecule has 1 aromatic carbocycles. The average Bonchev–Trinajstić information content (AvgIpc) is 2.72. The maximum Gasteiger partial charge on any atom is 0.265 e. The Kier molecular flexibility index (Phi) is 4.37. The highest BCUT2D eigenvalue weighted by Crippen LogP contribution is 2.34. The number of nitrogen functional groups attached to an aromatic ring is 1. The predicted molar refractivity (Wildman–Crippen MR) is 86.3 cm³/mol. The Morgan fingerprint density at radius 2 is 2.21 bits per heavy atom. The zero-order chi connectivity index (χ0) is 14.0. The van der Waals surface area contributed by atoms with E-state index in [0.717, 1.165) is 27.9 Å². The molecule has 0 fully saturated rings. The topological polar surface area (TPSA) is 46.3 Å². The molecule has 0 spiro atoms. The summed E-state index contributed by atoms with van der Waals surface area (Å²) in [6.07, 6.45) is 2.04. The first kappa shape index (κ1) is 14.2. The van der Waals surface area contributed by atoms with Crippen molar-refractivity contribution in [2.75, 3.05) is 31.3 Å². The zero-order valence-corrected chi connectivity index (χ0v) is 13.0. The summed E-state index contributed by atoms with van der Waals surface area (Å²) >= 11 is 3.21. The van der Waals surface area contributed by atoms with Crippen LogP contribution in [0.2, 0.25) is 0 Å². The van der Waals surface area contributed by atoms with Crippen LogP contribution in [0.25, 0.3) is 10.1 Å². The third kappa shape index (κ3) is 2.87.